The fourth-order valence-electron chi connectivity index (χ4n) is 3.01. The quantitative estimate of drug-likeness (QED) is 0.903. The van der Waals surface area contributed by atoms with Crippen molar-refractivity contribution in [2.24, 2.45) is 5.73 Å². The van der Waals surface area contributed by atoms with Crippen LogP contribution in [0.4, 0.5) is 4.79 Å². The molecule has 7 nitrogen and oxygen atoms in total. The van der Waals surface area contributed by atoms with Crippen molar-refractivity contribution < 1.29 is 14.0 Å². The highest BCUT2D eigenvalue weighted by Crippen LogP contribution is 2.32. The van der Waals surface area contributed by atoms with Crippen LogP contribution in [0.5, 0.6) is 0 Å². The van der Waals surface area contributed by atoms with Gasteiger partial charge >= 0.3 is 6.03 Å². The van der Waals surface area contributed by atoms with Gasteiger partial charge in [-0.15, -0.1) is 0 Å². The highest BCUT2D eigenvalue weighted by Gasteiger charge is 2.33. The summed E-state index contributed by atoms with van der Waals surface area (Å²) in [4.78, 5) is 29.8. The fraction of sp³-hybridized carbons (Fsp3) is 0.438. The highest BCUT2D eigenvalue weighted by atomic mass is 16.3. The minimum atomic E-state index is -0.707. The summed E-state index contributed by atoms with van der Waals surface area (Å²) >= 11 is 0. The van der Waals surface area contributed by atoms with Crippen molar-refractivity contribution >= 4 is 23.0 Å². The van der Waals surface area contributed by atoms with Gasteiger partial charge in [-0.1, -0.05) is 12.1 Å². The van der Waals surface area contributed by atoms with Crippen LogP contribution in [0.3, 0.4) is 0 Å². The normalized spacial score (nSPS) is 19.5. The lowest BCUT2D eigenvalue weighted by molar-refractivity contribution is -0.137. The third kappa shape index (κ3) is 3.13. The van der Waals surface area contributed by atoms with Crippen molar-refractivity contribution in [1.82, 2.24) is 15.2 Å². The maximum Gasteiger partial charge on any atom is 0.312 e. The van der Waals surface area contributed by atoms with Gasteiger partial charge in [0.2, 0.25) is 11.8 Å². The molecule has 3 N–H and O–H groups in total. The number of para-hydroxylation sites is 2. The molecular formula is C16H20N4O3. The number of carbonyl (C=O) groups is 2. The van der Waals surface area contributed by atoms with Gasteiger partial charge in [0.1, 0.15) is 17.6 Å². The van der Waals surface area contributed by atoms with E-state index < -0.39 is 12.1 Å². The molecule has 1 fully saturated rings. The number of primary amides is 1. The summed E-state index contributed by atoms with van der Waals surface area (Å²) in [7, 11) is 0. The molecule has 122 valence electrons. The Balaban J connectivity index is 1.86. The number of carbonyl (C=O) groups excluding carboxylic acids is 2. The van der Waals surface area contributed by atoms with E-state index >= 15 is 0 Å². The van der Waals surface area contributed by atoms with Crippen LogP contribution in [0, 0.1) is 0 Å². The van der Waals surface area contributed by atoms with Gasteiger partial charge < -0.3 is 20.4 Å². The van der Waals surface area contributed by atoms with E-state index in [1.165, 1.54) is 0 Å². The largest absolute Gasteiger partial charge is 0.438 e. The van der Waals surface area contributed by atoms with Gasteiger partial charge in [-0.05, 0) is 38.3 Å². The molecule has 0 bridgehead atoms. The van der Waals surface area contributed by atoms with Crippen LogP contribution >= 0.6 is 0 Å². The SMILES string of the molecule is CC(NC(N)=O)C(=O)N1CCCCC1c1nc2ccccc2o1. The Hall–Kier alpha value is -2.57. The second-order valence-corrected chi connectivity index (χ2v) is 5.79. The molecule has 1 aromatic heterocycles. The summed E-state index contributed by atoms with van der Waals surface area (Å²) in [5.41, 5.74) is 6.60. The number of nitrogens with one attached hydrogen (secondary N) is 1. The van der Waals surface area contributed by atoms with Crippen LogP contribution in [-0.2, 0) is 4.79 Å². The third-order valence-corrected chi connectivity index (χ3v) is 4.11. The molecule has 1 aliphatic rings. The molecule has 0 saturated carbocycles. The summed E-state index contributed by atoms with van der Waals surface area (Å²) in [5.74, 6) is 0.376. The van der Waals surface area contributed by atoms with Crippen LogP contribution in [0.15, 0.2) is 28.7 Å². The topological polar surface area (TPSA) is 101 Å². The molecule has 3 rings (SSSR count). The Bertz CT molecular complexity index is 694. The summed E-state index contributed by atoms with van der Waals surface area (Å²) < 4.78 is 5.83. The Morgan fingerprint density at radius 2 is 2.17 bits per heavy atom. The number of nitrogens with zero attached hydrogens (tertiary/aromatic N) is 2. The molecule has 0 radical (unpaired) electrons. The van der Waals surface area contributed by atoms with Crippen molar-refractivity contribution in [3.05, 3.63) is 30.2 Å². The number of nitrogens with two attached hydrogens (primary N) is 1. The number of benzene rings is 1. The lowest BCUT2D eigenvalue weighted by atomic mass is 10.0. The standard InChI is InChI=1S/C16H20N4O3/c1-10(18-16(17)22)15(21)20-9-5-4-7-12(20)14-19-11-6-2-3-8-13(11)23-14/h2-3,6,8,10,12H,4-5,7,9H2,1H3,(H3,17,18,22). The fourth-order valence-corrected chi connectivity index (χ4v) is 3.01. The number of rotatable bonds is 3. The van der Waals surface area contributed by atoms with Gasteiger partial charge in [0.05, 0.1) is 0 Å². The average Bonchev–Trinajstić information content (AvgIpc) is 2.97. The molecule has 2 unspecified atom stereocenters. The molecule has 0 aliphatic carbocycles. The number of oxazole rings is 1. The third-order valence-electron chi connectivity index (χ3n) is 4.11. The number of likely N-dealkylation sites (tertiary alicyclic amines) is 1. The first-order valence-corrected chi connectivity index (χ1v) is 7.78. The van der Waals surface area contributed by atoms with E-state index in [9.17, 15) is 9.59 Å². The van der Waals surface area contributed by atoms with Crippen molar-refractivity contribution in [2.45, 2.75) is 38.3 Å². The molecule has 0 spiro atoms. The Labute approximate surface area is 133 Å². The van der Waals surface area contributed by atoms with E-state index in [0.717, 1.165) is 24.8 Å². The highest BCUT2D eigenvalue weighted by molar-refractivity contribution is 5.86. The Kier molecular flexibility index (Phi) is 4.18. The first kappa shape index (κ1) is 15.3. The first-order valence-electron chi connectivity index (χ1n) is 7.78. The molecule has 1 aromatic carbocycles. The minimum Gasteiger partial charge on any atom is -0.438 e. The molecule has 2 heterocycles. The van der Waals surface area contributed by atoms with Crippen molar-refractivity contribution in [3.8, 4) is 0 Å². The zero-order valence-corrected chi connectivity index (χ0v) is 13.0. The molecule has 2 atom stereocenters. The number of amides is 3. The summed E-state index contributed by atoms with van der Waals surface area (Å²) in [6.45, 7) is 2.25. The zero-order chi connectivity index (χ0) is 16.4. The number of fused-ring (bicyclic) bond motifs is 1. The van der Waals surface area contributed by atoms with E-state index in [1.54, 1.807) is 11.8 Å². The predicted octanol–water partition coefficient (Wildman–Crippen LogP) is 1.94. The lowest BCUT2D eigenvalue weighted by Crippen LogP contribution is -2.50. The van der Waals surface area contributed by atoms with Crippen LogP contribution in [-0.4, -0.2) is 34.4 Å². The first-order chi connectivity index (χ1) is 11.1. The summed E-state index contributed by atoms with van der Waals surface area (Å²) in [6, 6.07) is 5.95. The molecule has 1 aliphatic heterocycles. The van der Waals surface area contributed by atoms with Gasteiger partial charge in [-0.2, -0.15) is 0 Å². The summed E-state index contributed by atoms with van der Waals surface area (Å²) in [6.07, 6.45) is 2.72. The molecule has 2 aromatic rings. The average molecular weight is 316 g/mol. The predicted molar refractivity (Wildman–Crippen MR) is 84.5 cm³/mol. The second kappa shape index (κ2) is 6.28. The van der Waals surface area contributed by atoms with E-state index in [-0.39, 0.29) is 11.9 Å². The number of aromatic nitrogens is 1. The Morgan fingerprint density at radius 1 is 1.39 bits per heavy atom. The van der Waals surface area contributed by atoms with Crippen LogP contribution in [0.2, 0.25) is 0 Å². The van der Waals surface area contributed by atoms with Gasteiger partial charge in [0.15, 0.2) is 5.58 Å². The molecular weight excluding hydrogens is 296 g/mol. The molecule has 23 heavy (non-hydrogen) atoms. The van der Waals surface area contributed by atoms with E-state index in [2.05, 4.69) is 10.3 Å². The monoisotopic (exact) mass is 316 g/mol. The molecule has 3 amide bonds. The zero-order valence-electron chi connectivity index (χ0n) is 13.0. The number of piperidine rings is 1. The molecule has 1 saturated heterocycles. The van der Waals surface area contributed by atoms with Gasteiger partial charge in [0.25, 0.3) is 0 Å². The van der Waals surface area contributed by atoms with E-state index in [4.69, 9.17) is 10.2 Å². The van der Waals surface area contributed by atoms with Gasteiger partial charge in [-0.25, -0.2) is 9.78 Å². The van der Waals surface area contributed by atoms with Gasteiger partial charge in [0, 0.05) is 6.54 Å². The number of urea groups is 1. The van der Waals surface area contributed by atoms with Crippen LogP contribution in [0.1, 0.15) is 38.1 Å². The van der Waals surface area contributed by atoms with Crippen LogP contribution in [0.25, 0.3) is 11.1 Å². The minimum absolute atomic E-state index is 0.171. The Morgan fingerprint density at radius 3 is 2.91 bits per heavy atom. The number of hydrogen-bond donors (Lipinski definition) is 2. The van der Waals surface area contributed by atoms with Gasteiger partial charge in [-0.3, -0.25) is 4.79 Å². The smallest absolute Gasteiger partial charge is 0.312 e. The lowest BCUT2D eigenvalue weighted by Gasteiger charge is -2.35. The van der Waals surface area contributed by atoms with Crippen molar-refractivity contribution in [2.75, 3.05) is 6.54 Å². The van der Waals surface area contributed by atoms with E-state index in [1.807, 2.05) is 24.3 Å². The van der Waals surface area contributed by atoms with Crippen LogP contribution < -0.4 is 11.1 Å². The second-order valence-electron chi connectivity index (χ2n) is 5.79. The maximum absolute atomic E-state index is 12.6. The maximum atomic E-state index is 12.6. The number of hydrogen-bond acceptors (Lipinski definition) is 4. The van der Waals surface area contributed by atoms with Crippen molar-refractivity contribution in [3.63, 3.8) is 0 Å². The molecule has 7 heteroatoms. The van der Waals surface area contributed by atoms with Crippen molar-refractivity contribution in [1.29, 1.82) is 0 Å². The summed E-state index contributed by atoms with van der Waals surface area (Å²) in [5, 5.41) is 2.44. The van der Waals surface area contributed by atoms with E-state index in [0.29, 0.717) is 18.0 Å².